The van der Waals surface area contributed by atoms with Gasteiger partial charge in [-0.15, -0.1) is 10.2 Å². The first-order valence-electron chi connectivity index (χ1n) is 6.85. The molecular formula is C14H17N5O2. The van der Waals surface area contributed by atoms with Gasteiger partial charge < -0.3 is 9.64 Å². The van der Waals surface area contributed by atoms with Gasteiger partial charge >= 0.3 is 0 Å². The molecule has 1 saturated heterocycles. The van der Waals surface area contributed by atoms with Crippen molar-refractivity contribution >= 4 is 5.91 Å². The third kappa shape index (κ3) is 2.78. The molecule has 3 rings (SSSR count). The van der Waals surface area contributed by atoms with E-state index in [1.54, 1.807) is 4.90 Å². The quantitative estimate of drug-likeness (QED) is 0.892. The summed E-state index contributed by atoms with van der Waals surface area (Å²) in [6.07, 6.45) is 0. The first-order chi connectivity index (χ1) is 10.1. The molecule has 1 aromatic heterocycles. The molecule has 110 valence electrons. The molecule has 0 radical (unpaired) electrons. The fourth-order valence-electron chi connectivity index (χ4n) is 2.64. The molecule has 21 heavy (non-hydrogen) atoms. The Labute approximate surface area is 122 Å². The second-order valence-corrected chi connectivity index (χ2v) is 5.24. The highest BCUT2D eigenvalue weighted by molar-refractivity contribution is 5.95. The zero-order valence-corrected chi connectivity index (χ0v) is 12.0. The van der Waals surface area contributed by atoms with Crippen molar-refractivity contribution < 1.29 is 9.53 Å². The van der Waals surface area contributed by atoms with Crippen molar-refractivity contribution in [3.05, 3.63) is 40.7 Å². The molecule has 1 fully saturated rings. The zero-order valence-electron chi connectivity index (χ0n) is 12.0. The Hall–Kier alpha value is -2.28. The molecule has 1 aliphatic rings. The molecule has 1 unspecified atom stereocenters. The second kappa shape index (κ2) is 5.61. The van der Waals surface area contributed by atoms with Crippen LogP contribution in [0.15, 0.2) is 18.2 Å². The van der Waals surface area contributed by atoms with Gasteiger partial charge in [0.15, 0.2) is 5.82 Å². The van der Waals surface area contributed by atoms with Crippen molar-refractivity contribution in [3.63, 3.8) is 0 Å². The van der Waals surface area contributed by atoms with Crippen LogP contribution in [0.25, 0.3) is 0 Å². The normalized spacial score (nSPS) is 18.8. The number of nitrogens with zero attached hydrogens (tertiary/aromatic N) is 4. The lowest BCUT2D eigenvalue weighted by Gasteiger charge is -2.33. The number of aromatic nitrogens is 4. The van der Waals surface area contributed by atoms with E-state index in [1.165, 1.54) is 0 Å². The van der Waals surface area contributed by atoms with Gasteiger partial charge in [-0.25, -0.2) is 0 Å². The van der Waals surface area contributed by atoms with Crippen LogP contribution in [0, 0.1) is 13.8 Å². The molecular weight excluding hydrogens is 270 g/mol. The smallest absolute Gasteiger partial charge is 0.254 e. The molecule has 0 bridgehead atoms. The van der Waals surface area contributed by atoms with Gasteiger partial charge in [0.25, 0.3) is 5.91 Å². The number of aryl methyl sites for hydroxylation is 2. The van der Waals surface area contributed by atoms with Crippen LogP contribution in [0.3, 0.4) is 0 Å². The van der Waals surface area contributed by atoms with E-state index in [4.69, 9.17) is 4.74 Å². The molecule has 0 spiro atoms. The number of ether oxygens (including phenoxy) is 1. The third-order valence-corrected chi connectivity index (χ3v) is 3.52. The highest BCUT2D eigenvalue weighted by atomic mass is 16.5. The van der Waals surface area contributed by atoms with Gasteiger partial charge in [-0.05, 0) is 26.0 Å². The van der Waals surface area contributed by atoms with Crippen LogP contribution < -0.4 is 0 Å². The maximum atomic E-state index is 12.8. The summed E-state index contributed by atoms with van der Waals surface area (Å²) in [5.41, 5.74) is 2.83. The molecule has 1 N–H and O–H groups in total. The van der Waals surface area contributed by atoms with Gasteiger partial charge in [-0.3, -0.25) is 4.79 Å². The largest absolute Gasteiger partial charge is 0.377 e. The summed E-state index contributed by atoms with van der Waals surface area (Å²) >= 11 is 0. The predicted molar refractivity (Wildman–Crippen MR) is 74.7 cm³/mol. The van der Waals surface area contributed by atoms with Crippen molar-refractivity contribution in [3.8, 4) is 0 Å². The van der Waals surface area contributed by atoms with Gasteiger partial charge in [0.05, 0.1) is 13.2 Å². The summed E-state index contributed by atoms with van der Waals surface area (Å²) in [6, 6.07) is 5.55. The lowest BCUT2D eigenvalue weighted by atomic mass is 10.1. The lowest BCUT2D eigenvalue weighted by molar-refractivity contribution is -0.00521. The topological polar surface area (TPSA) is 84.0 Å². The zero-order chi connectivity index (χ0) is 14.8. The van der Waals surface area contributed by atoms with Crippen LogP contribution in [-0.2, 0) is 4.74 Å². The Kier molecular flexibility index (Phi) is 3.66. The number of amides is 1. The number of carbonyl (C=O) groups excluding carboxylic acids is 1. The van der Waals surface area contributed by atoms with Crippen LogP contribution in [0.5, 0.6) is 0 Å². The van der Waals surface area contributed by atoms with Gasteiger partial charge in [-0.1, -0.05) is 22.4 Å². The summed E-state index contributed by atoms with van der Waals surface area (Å²) in [5, 5.41) is 13.9. The number of H-pyrrole nitrogens is 1. The second-order valence-electron chi connectivity index (χ2n) is 5.24. The highest BCUT2D eigenvalue weighted by Gasteiger charge is 2.32. The average Bonchev–Trinajstić information content (AvgIpc) is 2.99. The highest BCUT2D eigenvalue weighted by Crippen LogP contribution is 2.23. The average molecular weight is 287 g/mol. The minimum Gasteiger partial charge on any atom is -0.377 e. The minimum absolute atomic E-state index is 0.0279. The number of aromatic amines is 1. The van der Waals surface area contributed by atoms with E-state index in [9.17, 15) is 4.79 Å². The fraction of sp³-hybridized carbons (Fsp3) is 0.429. The maximum Gasteiger partial charge on any atom is 0.254 e. The van der Waals surface area contributed by atoms with Gasteiger partial charge in [0.2, 0.25) is 0 Å². The Morgan fingerprint density at radius 1 is 1.33 bits per heavy atom. The monoisotopic (exact) mass is 287 g/mol. The molecule has 1 aromatic carbocycles. The number of morpholine rings is 1. The molecule has 0 saturated carbocycles. The Morgan fingerprint density at radius 2 is 2.10 bits per heavy atom. The van der Waals surface area contributed by atoms with E-state index in [0.29, 0.717) is 31.1 Å². The van der Waals surface area contributed by atoms with E-state index in [-0.39, 0.29) is 11.9 Å². The van der Waals surface area contributed by atoms with Crippen LogP contribution >= 0.6 is 0 Å². The summed E-state index contributed by atoms with van der Waals surface area (Å²) in [4.78, 5) is 14.5. The Balaban J connectivity index is 1.90. The molecule has 2 aromatic rings. The van der Waals surface area contributed by atoms with E-state index in [0.717, 1.165) is 11.1 Å². The lowest BCUT2D eigenvalue weighted by Crippen LogP contribution is -2.44. The molecule has 1 amide bonds. The number of carbonyl (C=O) groups is 1. The van der Waals surface area contributed by atoms with Gasteiger partial charge in [0, 0.05) is 12.1 Å². The number of tetrazole rings is 1. The van der Waals surface area contributed by atoms with Crippen LogP contribution in [0.2, 0.25) is 0 Å². The van der Waals surface area contributed by atoms with Crippen molar-refractivity contribution in [2.24, 2.45) is 0 Å². The van der Waals surface area contributed by atoms with Crippen molar-refractivity contribution in [1.29, 1.82) is 0 Å². The molecule has 2 heterocycles. The number of rotatable bonds is 2. The SMILES string of the molecule is Cc1cc(C)cc(C(=O)N2CCOCC2c2nn[nH]n2)c1. The molecule has 7 nitrogen and oxygen atoms in total. The third-order valence-electron chi connectivity index (χ3n) is 3.52. The first-order valence-corrected chi connectivity index (χ1v) is 6.85. The predicted octanol–water partition coefficient (Wildman–Crippen LogP) is 1.03. The van der Waals surface area contributed by atoms with Gasteiger partial charge in [-0.2, -0.15) is 5.21 Å². The Bertz CT molecular complexity index is 621. The summed E-state index contributed by atoms with van der Waals surface area (Å²) in [6.45, 7) is 5.39. The van der Waals surface area contributed by atoms with Crippen molar-refractivity contribution in [2.45, 2.75) is 19.9 Å². The van der Waals surface area contributed by atoms with Gasteiger partial charge in [0.1, 0.15) is 6.04 Å². The molecule has 7 heteroatoms. The summed E-state index contributed by atoms with van der Waals surface area (Å²) < 4.78 is 5.45. The summed E-state index contributed by atoms with van der Waals surface area (Å²) in [5.74, 6) is 0.451. The number of benzene rings is 1. The Morgan fingerprint density at radius 3 is 2.76 bits per heavy atom. The first kappa shape index (κ1) is 13.7. The molecule has 0 aliphatic carbocycles. The minimum atomic E-state index is -0.300. The van der Waals surface area contributed by atoms with E-state index >= 15 is 0 Å². The summed E-state index contributed by atoms with van der Waals surface area (Å²) in [7, 11) is 0. The number of hydrogen-bond acceptors (Lipinski definition) is 5. The molecule has 1 atom stereocenters. The maximum absolute atomic E-state index is 12.8. The van der Waals surface area contributed by atoms with Crippen LogP contribution in [0.1, 0.15) is 33.4 Å². The van der Waals surface area contributed by atoms with Crippen LogP contribution in [-0.4, -0.2) is 51.2 Å². The fourth-order valence-corrected chi connectivity index (χ4v) is 2.64. The van der Waals surface area contributed by atoms with Crippen molar-refractivity contribution in [2.75, 3.05) is 19.8 Å². The standard InChI is InChI=1S/C14H17N5O2/c1-9-5-10(2)7-11(6-9)14(20)19-3-4-21-8-12(19)13-15-17-18-16-13/h5-7,12H,3-4,8H2,1-2H3,(H,15,16,17,18). The van der Waals surface area contributed by atoms with Crippen molar-refractivity contribution in [1.82, 2.24) is 25.5 Å². The van der Waals surface area contributed by atoms with E-state index in [2.05, 4.69) is 20.6 Å². The van der Waals surface area contributed by atoms with E-state index < -0.39 is 0 Å². The molecule has 1 aliphatic heterocycles. The van der Waals surface area contributed by atoms with E-state index in [1.807, 2.05) is 32.0 Å². The van der Waals surface area contributed by atoms with Crippen LogP contribution in [0.4, 0.5) is 0 Å². The number of hydrogen-bond donors (Lipinski definition) is 1. The number of nitrogens with one attached hydrogen (secondary N) is 1.